The van der Waals surface area contributed by atoms with E-state index in [1.165, 1.54) is 0 Å². The lowest BCUT2D eigenvalue weighted by atomic mass is 9.97. The van der Waals surface area contributed by atoms with Gasteiger partial charge in [0, 0.05) is 22.6 Å². The predicted octanol–water partition coefficient (Wildman–Crippen LogP) is 2.22. The number of carboxylic acid groups (broad SMARTS) is 1. The maximum atomic E-state index is 11.3. The molecule has 0 aliphatic carbocycles. The molecule has 90 valence electrons. The van der Waals surface area contributed by atoms with E-state index in [0.29, 0.717) is 12.5 Å². The minimum atomic E-state index is -1.44. The molecule has 1 heterocycles. The van der Waals surface area contributed by atoms with Crippen molar-refractivity contribution in [3.63, 3.8) is 0 Å². The second-order valence-corrected chi connectivity index (χ2v) is 4.79. The Kier molecular flexibility index (Phi) is 3.59. The molecule has 2 rings (SSSR count). The Morgan fingerprint density at radius 3 is 2.71 bits per heavy atom. The first-order valence-electron chi connectivity index (χ1n) is 5.24. The molecule has 1 aromatic carbocycles. The van der Waals surface area contributed by atoms with Gasteiger partial charge in [-0.1, -0.05) is 28.1 Å². The number of aliphatic carboxylic acids is 1. The fraction of sp³-hybridized carbons (Fsp3) is 0.333. The number of halogens is 1. The summed E-state index contributed by atoms with van der Waals surface area (Å²) >= 11 is 3.37. The quantitative estimate of drug-likeness (QED) is 0.686. The molecule has 5 heteroatoms. The summed E-state index contributed by atoms with van der Waals surface area (Å²) in [7, 11) is 0. The van der Waals surface area contributed by atoms with Crippen molar-refractivity contribution in [1.82, 2.24) is 0 Å². The second-order valence-electron chi connectivity index (χ2n) is 3.93. The average molecular weight is 299 g/mol. The van der Waals surface area contributed by atoms with Crippen molar-refractivity contribution >= 4 is 27.7 Å². The lowest BCUT2D eigenvalue weighted by Crippen LogP contribution is -2.13. The molecule has 4 nitrogen and oxygen atoms in total. The second kappa shape index (κ2) is 4.98. The lowest BCUT2D eigenvalue weighted by molar-refractivity contribution is -0.131. The Balaban J connectivity index is 2.28. The van der Waals surface area contributed by atoms with Crippen molar-refractivity contribution in [2.24, 2.45) is 0 Å². The predicted molar refractivity (Wildman–Crippen MR) is 64.3 cm³/mol. The Morgan fingerprint density at radius 1 is 1.41 bits per heavy atom. The minimum absolute atomic E-state index is 0.187. The third kappa shape index (κ3) is 2.56. The van der Waals surface area contributed by atoms with Crippen LogP contribution in [0.15, 0.2) is 22.7 Å². The summed E-state index contributed by atoms with van der Waals surface area (Å²) in [4.78, 5) is 21.9. The third-order valence-electron chi connectivity index (χ3n) is 2.83. The molecule has 1 N–H and O–H groups in total. The van der Waals surface area contributed by atoms with Crippen LogP contribution in [-0.4, -0.2) is 30.1 Å². The van der Waals surface area contributed by atoms with Gasteiger partial charge >= 0.3 is 5.97 Å². The van der Waals surface area contributed by atoms with Gasteiger partial charge < -0.3 is 9.84 Å². The smallest absolute Gasteiger partial charge is 0.377 e. The summed E-state index contributed by atoms with van der Waals surface area (Å²) in [5, 5.41) is 8.62. The molecule has 0 spiro atoms. The number of hydrogen-bond donors (Lipinski definition) is 1. The molecule has 1 saturated heterocycles. The van der Waals surface area contributed by atoms with Crippen LogP contribution < -0.4 is 0 Å². The largest absolute Gasteiger partial charge is 0.475 e. The highest BCUT2D eigenvalue weighted by atomic mass is 79.9. The van der Waals surface area contributed by atoms with Crippen LogP contribution >= 0.6 is 15.9 Å². The van der Waals surface area contributed by atoms with Crippen molar-refractivity contribution in [1.29, 1.82) is 0 Å². The number of Topliss-reactive ketones (excluding diaryl/α,β-unsaturated/α-hetero) is 1. The Morgan fingerprint density at radius 2 is 2.18 bits per heavy atom. The fourth-order valence-corrected chi connectivity index (χ4v) is 2.61. The molecule has 1 unspecified atom stereocenters. The third-order valence-corrected chi connectivity index (χ3v) is 3.51. The highest BCUT2D eigenvalue weighted by molar-refractivity contribution is 9.10. The van der Waals surface area contributed by atoms with Crippen LogP contribution in [0.3, 0.4) is 0 Å². The first-order valence-corrected chi connectivity index (χ1v) is 6.03. The van der Waals surface area contributed by atoms with Gasteiger partial charge in [-0.2, -0.15) is 0 Å². The van der Waals surface area contributed by atoms with Crippen LogP contribution in [0.4, 0.5) is 0 Å². The minimum Gasteiger partial charge on any atom is -0.475 e. The van der Waals surface area contributed by atoms with Crippen LogP contribution in [0.2, 0.25) is 0 Å². The molecule has 0 bridgehead atoms. The molecule has 17 heavy (non-hydrogen) atoms. The van der Waals surface area contributed by atoms with Gasteiger partial charge in [-0.3, -0.25) is 4.79 Å². The van der Waals surface area contributed by atoms with Gasteiger partial charge in [-0.15, -0.1) is 0 Å². The number of carboxylic acids is 1. The monoisotopic (exact) mass is 298 g/mol. The van der Waals surface area contributed by atoms with Crippen molar-refractivity contribution < 1.29 is 19.4 Å². The molecule has 1 fully saturated rings. The zero-order valence-electron chi connectivity index (χ0n) is 8.98. The van der Waals surface area contributed by atoms with Crippen molar-refractivity contribution in [3.05, 3.63) is 33.8 Å². The highest BCUT2D eigenvalue weighted by Gasteiger charge is 2.22. The SMILES string of the molecule is O=C(O)C(=O)c1ccc(C2CCOC2)c(Br)c1. The molecule has 0 radical (unpaired) electrons. The summed E-state index contributed by atoms with van der Waals surface area (Å²) in [6.07, 6.45) is 0.949. The van der Waals surface area contributed by atoms with E-state index >= 15 is 0 Å². The summed E-state index contributed by atoms with van der Waals surface area (Å²) in [5.41, 5.74) is 1.25. The van der Waals surface area contributed by atoms with E-state index in [0.717, 1.165) is 23.1 Å². The topological polar surface area (TPSA) is 63.6 Å². The van der Waals surface area contributed by atoms with Gasteiger partial charge in [0.05, 0.1) is 6.61 Å². The van der Waals surface area contributed by atoms with E-state index in [1.807, 2.05) is 0 Å². The molecular weight excluding hydrogens is 288 g/mol. The number of ether oxygens (including phenoxy) is 1. The summed E-state index contributed by atoms with van der Waals surface area (Å²) in [5.74, 6) is -2.01. The van der Waals surface area contributed by atoms with Crippen LogP contribution in [0, 0.1) is 0 Å². The first kappa shape index (κ1) is 12.3. The normalized spacial score (nSPS) is 19.2. The molecule has 1 aromatic rings. The van der Waals surface area contributed by atoms with Gasteiger partial charge in [0.15, 0.2) is 0 Å². The molecule has 0 saturated carbocycles. The Hall–Kier alpha value is -1.20. The van der Waals surface area contributed by atoms with Gasteiger partial charge in [0.2, 0.25) is 0 Å². The number of carbonyl (C=O) groups is 2. The van der Waals surface area contributed by atoms with Gasteiger partial charge in [0.25, 0.3) is 5.78 Å². The van der Waals surface area contributed by atoms with Gasteiger partial charge in [-0.25, -0.2) is 4.79 Å². The number of carbonyl (C=O) groups excluding carboxylic acids is 1. The lowest BCUT2D eigenvalue weighted by Gasteiger charge is -2.11. The van der Waals surface area contributed by atoms with Crippen LogP contribution in [-0.2, 0) is 9.53 Å². The van der Waals surface area contributed by atoms with E-state index in [9.17, 15) is 9.59 Å². The Bertz CT molecular complexity index is 464. The van der Waals surface area contributed by atoms with E-state index in [-0.39, 0.29) is 5.56 Å². The number of benzene rings is 1. The molecular formula is C12H11BrO4. The van der Waals surface area contributed by atoms with E-state index < -0.39 is 11.8 Å². The first-order chi connectivity index (χ1) is 8.09. The maximum Gasteiger partial charge on any atom is 0.377 e. The number of ketones is 1. The van der Waals surface area contributed by atoms with Crippen LogP contribution in [0.1, 0.15) is 28.3 Å². The van der Waals surface area contributed by atoms with E-state index in [4.69, 9.17) is 9.84 Å². The van der Waals surface area contributed by atoms with Crippen molar-refractivity contribution in [3.8, 4) is 0 Å². The molecule has 0 aromatic heterocycles. The molecule has 1 aliphatic heterocycles. The van der Waals surface area contributed by atoms with E-state index in [2.05, 4.69) is 15.9 Å². The Labute approximate surface area is 107 Å². The molecule has 0 amide bonds. The van der Waals surface area contributed by atoms with Gasteiger partial charge in [0.1, 0.15) is 0 Å². The average Bonchev–Trinajstić information content (AvgIpc) is 2.81. The van der Waals surface area contributed by atoms with Crippen molar-refractivity contribution in [2.75, 3.05) is 13.2 Å². The zero-order valence-corrected chi connectivity index (χ0v) is 10.6. The summed E-state index contributed by atoms with van der Waals surface area (Å²) in [6, 6.07) is 4.90. The fourth-order valence-electron chi connectivity index (χ4n) is 1.90. The zero-order chi connectivity index (χ0) is 12.4. The molecule has 1 atom stereocenters. The number of hydrogen-bond acceptors (Lipinski definition) is 3. The van der Waals surface area contributed by atoms with Crippen LogP contribution in [0.25, 0.3) is 0 Å². The van der Waals surface area contributed by atoms with Crippen LogP contribution in [0.5, 0.6) is 0 Å². The van der Waals surface area contributed by atoms with Crippen molar-refractivity contribution in [2.45, 2.75) is 12.3 Å². The molecule has 1 aliphatic rings. The highest BCUT2D eigenvalue weighted by Crippen LogP contribution is 2.31. The number of rotatable bonds is 3. The summed E-state index contributed by atoms with van der Waals surface area (Å²) < 4.78 is 6.06. The van der Waals surface area contributed by atoms with Gasteiger partial charge in [-0.05, 0) is 18.1 Å². The maximum absolute atomic E-state index is 11.3. The standard InChI is InChI=1S/C12H11BrO4/c13-10-5-7(11(14)12(15)16)1-2-9(10)8-3-4-17-6-8/h1-2,5,8H,3-4,6H2,(H,15,16). The summed E-state index contributed by atoms with van der Waals surface area (Å²) in [6.45, 7) is 1.41. The van der Waals surface area contributed by atoms with E-state index in [1.54, 1.807) is 18.2 Å².